The number of likely N-dealkylation sites (tertiary alicyclic amines) is 1. The van der Waals surface area contributed by atoms with Crippen molar-refractivity contribution in [1.29, 1.82) is 5.26 Å². The molecule has 2 aromatic carbocycles. The molecule has 2 aliphatic heterocycles. The average Bonchev–Trinajstić information content (AvgIpc) is 3.08. The third-order valence-corrected chi connectivity index (χ3v) is 6.06. The number of hydrogen-bond donors (Lipinski definition) is 1. The van der Waals surface area contributed by atoms with Crippen LogP contribution >= 0.6 is 12.4 Å². The molecular weight excluding hydrogens is 410 g/mol. The molecule has 2 unspecified atom stereocenters. The number of halogens is 1. The van der Waals surface area contributed by atoms with Crippen molar-refractivity contribution in [2.24, 2.45) is 5.92 Å². The van der Waals surface area contributed by atoms with Crippen molar-refractivity contribution < 1.29 is 13.2 Å². The second kappa shape index (κ2) is 8.62. The van der Waals surface area contributed by atoms with Crippen molar-refractivity contribution in [1.82, 2.24) is 4.90 Å². The maximum Gasteiger partial charge on any atom is 0.229 e. The number of rotatable bonds is 5. The van der Waals surface area contributed by atoms with Gasteiger partial charge in [-0.05, 0) is 42.3 Å². The SMILES string of the molecule is CS(=O)(=O)Nc1cccc(CCN2CC3COc4ccc(C#N)cc4C3C2)c1.Cl. The standard InChI is InChI=1S/C21H23N3O3S.ClH/c1-28(25,26)23-18-4-2-3-15(9-18)7-8-24-12-17-14-27-21-6-5-16(11-22)10-19(21)20(17)13-24;/h2-6,9-10,17,20,23H,7-8,12-14H2,1H3;1H. The van der Waals surface area contributed by atoms with E-state index in [4.69, 9.17) is 4.74 Å². The minimum Gasteiger partial charge on any atom is -0.493 e. The number of nitrogens with one attached hydrogen (secondary N) is 1. The molecule has 4 rings (SSSR count). The summed E-state index contributed by atoms with van der Waals surface area (Å²) in [4.78, 5) is 2.43. The monoisotopic (exact) mass is 433 g/mol. The van der Waals surface area contributed by atoms with E-state index in [-0.39, 0.29) is 12.4 Å². The molecule has 29 heavy (non-hydrogen) atoms. The summed E-state index contributed by atoms with van der Waals surface area (Å²) in [5.41, 5.74) is 3.53. The second-order valence-corrected chi connectivity index (χ2v) is 9.37. The number of nitrogens with zero attached hydrogens (tertiary/aromatic N) is 2. The molecule has 1 fully saturated rings. The molecule has 6 nitrogen and oxygen atoms in total. The Labute approximate surface area is 177 Å². The lowest BCUT2D eigenvalue weighted by atomic mass is 9.86. The van der Waals surface area contributed by atoms with Crippen LogP contribution < -0.4 is 9.46 Å². The van der Waals surface area contributed by atoms with Gasteiger partial charge in [-0.1, -0.05) is 12.1 Å². The molecule has 0 radical (unpaired) electrons. The maximum atomic E-state index is 11.4. The minimum absolute atomic E-state index is 0. The lowest BCUT2D eigenvalue weighted by Crippen LogP contribution is -2.25. The molecular formula is C21H24ClN3O3S. The van der Waals surface area contributed by atoms with E-state index in [0.717, 1.165) is 49.2 Å². The van der Waals surface area contributed by atoms with Crippen LogP contribution in [0.1, 0.15) is 22.6 Å². The molecule has 0 bridgehead atoms. The Balaban J connectivity index is 0.00000240. The highest BCUT2D eigenvalue weighted by molar-refractivity contribution is 7.92. The molecule has 0 aromatic heterocycles. The zero-order chi connectivity index (χ0) is 19.7. The summed E-state index contributed by atoms with van der Waals surface area (Å²) in [6.07, 6.45) is 2.01. The van der Waals surface area contributed by atoms with Crippen molar-refractivity contribution in [3.63, 3.8) is 0 Å². The fraction of sp³-hybridized carbons (Fsp3) is 0.381. The first-order chi connectivity index (χ1) is 13.4. The Hall–Kier alpha value is -2.27. The summed E-state index contributed by atoms with van der Waals surface area (Å²) >= 11 is 0. The Morgan fingerprint density at radius 1 is 1.24 bits per heavy atom. The van der Waals surface area contributed by atoms with E-state index in [0.29, 0.717) is 29.7 Å². The third kappa shape index (κ3) is 5.02. The van der Waals surface area contributed by atoms with Gasteiger partial charge in [0, 0.05) is 42.7 Å². The van der Waals surface area contributed by atoms with Gasteiger partial charge in [-0.15, -0.1) is 12.4 Å². The lowest BCUT2D eigenvalue weighted by molar-refractivity contribution is 0.213. The quantitative estimate of drug-likeness (QED) is 0.783. The Morgan fingerprint density at radius 3 is 2.83 bits per heavy atom. The Kier molecular flexibility index (Phi) is 6.37. The van der Waals surface area contributed by atoms with Crippen LogP contribution in [-0.4, -0.2) is 45.8 Å². The fourth-order valence-corrected chi connectivity index (χ4v) is 4.75. The van der Waals surface area contributed by atoms with Crippen LogP contribution in [0.4, 0.5) is 5.69 Å². The number of nitriles is 1. The molecule has 2 aliphatic rings. The molecule has 1 saturated heterocycles. The van der Waals surface area contributed by atoms with Crippen molar-refractivity contribution in [3.8, 4) is 11.8 Å². The second-order valence-electron chi connectivity index (χ2n) is 7.63. The lowest BCUT2D eigenvalue weighted by Gasteiger charge is -2.27. The molecule has 2 aromatic rings. The summed E-state index contributed by atoms with van der Waals surface area (Å²) in [6.45, 7) is 3.55. The van der Waals surface area contributed by atoms with Crippen LogP contribution in [0.5, 0.6) is 5.75 Å². The van der Waals surface area contributed by atoms with Gasteiger partial charge in [0.05, 0.1) is 24.5 Å². The van der Waals surface area contributed by atoms with Crippen LogP contribution in [0, 0.1) is 17.2 Å². The van der Waals surface area contributed by atoms with E-state index in [1.54, 1.807) is 6.07 Å². The van der Waals surface area contributed by atoms with Gasteiger partial charge in [0.2, 0.25) is 10.0 Å². The van der Waals surface area contributed by atoms with E-state index in [9.17, 15) is 13.7 Å². The molecule has 2 atom stereocenters. The van der Waals surface area contributed by atoms with Crippen LogP contribution in [-0.2, 0) is 16.4 Å². The number of sulfonamides is 1. The van der Waals surface area contributed by atoms with Gasteiger partial charge in [0.25, 0.3) is 0 Å². The van der Waals surface area contributed by atoms with Gasteiger partial charge in [0.1, 0.15) is 5.75 Å². The van der Waals surface area contributed by atoms with E-state index in [1.807, 2.05) is 36.4 Å². The zero-order valence-electron chi connectivity index (χ0n) is 16.2. The van der Waals surface area contributed by atoms with Crippen molar-refractivity contribution >= 4 is 28.1 Å². The number of hydrogen-bond acceptors (Lipinski definition) is 5. The van der Waals surface area contributed by atoms with Gasteiger partial charge in [-0.2, -0.15) is 5.26 Å². The third-order valence-electron chi connectivity index (χ3n) is 5.45. The molecule has 8 heteroatoms. The van der Waals surface area contributed by atoms with Gasteiger partial charge in [-0.25, -0.2) is 8.42 Å². The first kappa shape index (κ1) is 21.4. The summed E-state index contributed by atoms with van der Waals surface area (Å²) in [5.74, 6) is 1.75. The number of fused-ring (bicyclic) bond motifs is 3. The molecule has 0 spiro atoms. The summed E-state index contributed by atoms with van der Waals surface area (Å²) in [6, 6.07) is 15.5. The first-order valence-corrected chi connectivity index (χ1v) is 11.3. The van der Waals surface area contributed by atoms with Gasteiger partial charge in [0.15, 0.2) is 0 Å². The largest absolute Gasteiger partial charge is 0.493 e. The molecule has 0 amide bonds. The summed E-state index contributed by atoms with van der Waals surface area (Å²) in [7, 11) is -3.27. The predicted octanol–water partition coefficient (Wildman–Crippen LogP) is 3.00. The van der Waals surface area contributed by atoms with Crippen LogP contribution in [0.25, 0.3) is 0 Å². The van der Waals surface area contributed by atoms with E-state index < -0.39 is 10.0 Å². The number of benzene rings is 2. The van der Waals surface area contributed by atoms with E-state index in [1.165, 1.54) is 0 Å². The first-order valence-electron chi connectivity index (χ1n) is 9.37. The number of anilines is 1. The highest BCUT2D eigenvalue weighted by Gasteiger charge is 2.38. The van der Waals surface area contributed by atoms with E-state index in [2.05, 4.69) is 15.7 Å². The minimum atomic E-state index is -3.27. The molecule has 2 heterocycles. The van der Waals surface area contributed by atoms with Crippen LogP contribution in [0.3, 0.4) is 0 Å². The molecule has 0 aliphatic carbocycles. The van der Waals surface area contributed by atoms with Gasteiger partial charge in [-0.3, -0.25) is 4.72 Å². The summed E-state index contributed by atoms with van der Waals surface area (Å²) in [5, 5.41) is 9.19. The summed E-state index contributed by atoms with van der Waals surface area (Å²) < 4.78 is 31.3. The normalized spacial score (nSPS) is 20.6. The zero-order valence-corrected chi connectivity index (χ0v) is 17.8. The fourth-order valence-electron chi connectivity index (χ4n) is 4.19. The van der Waals surface area contributed by atoms with Crippen LogP contribution in [0.15, 0.2) is 42.5 Å². The predicted molar refractivity (Wildman–Crippen MR) is 115 cm³/mol. The molecule has 0 saturated carbocycles. The smallest absolute Gasteiger partial charge is 0.229 e. The van der Waals surface area contributed by atoms with Crippen molar-refractivity contribution in [2.45, 2.75) is 12.3 Å². The van der Waals surface area contributed by atoms with Gasteiger partial charge < -0.3 is 9.64 Å². The van der Waals surface area contributed by atoms with Crippen molar-refractivity contribution in [3.05, 3.63) is 59.2 Å². The van der Waals surface area contributed by atoms with Crippen molar-refractivity contribution in [2.75, 3.05) is 37.2 Å². The highest BCUT2D eigenvalue weighted by Crippen LogP contribution is 2.41. The maximum absolute atomic E-state index is 11.4. The number of ether oxygens (including phenoxy) is 1. The van der Waals surface area contributed by atoms with Crippen LogP contribution in [0.2, 0.25) is 0 Å². The highest BCUT2D eigenvalue weighted by atomic mass is 35.5. The van der Waals surface area contributed by atoms with E-state index >= 15 is 0 Å². The Morgan fingerprint density at radius 2 is 2.07 bits per heavy atom. The average molecular weight is 434 g/mol. The topological polar surface area (TPSA) is 82.4 Å². The molecule has 154 valence electrons. The Bertz CT molecular complexity index is 1040. The van der Waals surface area contributed by atoms with Gasteiger partial charge >= 0.3 is 0 Å². The molecule has 1 N–H and O–H groups in total.